The largest absolute Gasteiger partial charge is 0.460 e. The third-order valence-corrected chi connectivity index (χ3v) is 4.29. The maximum atomic E-state index is 6.22. The highest BCUT2D eigenvalue weighted by atomic mass is 35.5. The topological polar surface area (TPSA) is 25.2 Å². The molecule has 0 unspecified atom stereocenters. The van der Waals surface area contributed by atoms with E-state index in [0.717, 1.165) is 17.1 Å². The standard InChI is InChI=1S/C19H17Cl2NO/c1-13(14-5-3-2-4-6-14)22-12-16-8-10-19(23-16)17-9-7-15(20)11-18(17)21/h2-11,13,22H,12H2,1H3/t13-/m0/s1. The van der Waals surface area contributed by atoms with Crippen molar-refractivity contribution in [2.45, 2.75) is 19.5 Å². The number of nitrogens with one attached hydrogen (secondary N) is 1. The zero-order valence-corrected chi connectivity index (χ0v) is 14.2. The van der Waals surface area contributed by atoms with Gasteiger partial charge in [0, 0.05) is 16.6 Å². The van der Waals surface area contributed by atoms with E-state index in [1.165, 1.54) is 5.56 Å². The highest BCUT2D eigenvalue weighted by Gasteiger charge is 2.10. The van der Waals surface area contributed by atoms with E-state index in [9.17, 15) is 0 Å². The Balaban J connectivity index is 1.68. The Labute approximate surface area is 146 Å². The van der Waals surface area contributed by atoms with Gasteiger partial charge in [-0.3, -0.25) is 0 Å². The van der Waals surface area contributed by atoms with Gasteiger partial charge < -0.3 is 9.73 Å². The van der Waals surface area contributed by atoms with E-state index in [4.69, 9.17) is 27.6 Å². The second kappa shape index (κ2) is 7.22. The van der Waals surface area contributed by atoms with Crippen molar-refractivity contribution < 1.29 is 4.42 Å². The van der Waals surface area contributed by atoms with Crippen molar-refractivity contribution in [3.05, 3.63) is 82.0 Å². The summed E-state index contributed by atoms with van der Waals surface area (Å²) in [6, 6.07) is 19.9. The molecule has 1 atom stereocenters. The minimum absolute atomic E-state index is 0.254. The summed E-state index contributed by atoms with van der Waals surface area (Å²) in [4.78, 5) is 0. The molecule has 0 aliphatic heterocycles. The molecule has 0 saturated carbocycles. The van der Waals surface area contributed by atoms with Gasteiger partial charge in [0.2, 0.25) is 0 Å². The quantitative estimate of drug-likeness (QED) is 0.603. The van der Waals surface area contributed by atoms with Crippen LogP contribution in [0.2, 0.25) is 10.0 Å². The number of halogens is 2. The van der Waals surface area contributed by atoms with E-state index >= 15 is 0 Å². The molecule has 1 aromatic heterocycles. The molecular weight excluding hydrogens is 329 g/mol. The van der Waals surface area contributed by atoms with E-state index in [2.05, 4.69) is 24.4 Å². The molecule has 0 spiro atoms. The molecule has 118 valence electrons. The van der Waals surface area contributed by atoms with Crippen LogP contribution in [0.1, 0.15) is 24.3 Å². The van der Waals surface area contributed by atoms with Crippen LogP contribution < -0.4 is 5.32 Å². The van der Waals surface area contributed by atoms with Crippen LogP contribution in [0.4, 0.5) is 0 Å². The van der Waals surface area contributed by atoms with E-state index in [1.54, 1.807) is 12.1 Å². The van der Waals surface area contributed by atoms with Crippen LogP contribution in [-0.4, -0.2) is 0 Å². The van der Waals surface area contributed by atoms with Crippen LogP contribution in [-0.2, 0) is 6.54 Å². The van der Waals surface area contributed by atoms with E-state index in [-0.39, 0.29) is 6.04 Å². The summed E-state index contributed by atoms with van der Waals surface area (Å²) in [5, 5.41) is 4.66. The lowest BCUT2D eigenvalue weighted by Gasteiger charge is -2.13. The zero-order chi connectivity index (χ0) is 16.2. The van der Waals surface area contributed by atoms with Gasteiger partial charge in [-0.25, -0.2) is 0 Å². The van der Waals surface area contributed by atoms with Gasteiger partial charge in [0.15, 0.2) is 0 Å². The van der Waals surface area contributed by atoms with Gasteiger partial charge >= 0.3 is 0 Å². The van der Waals surface area contributed by atoms with Gasteiger partial charge in [0.1, 0.15) is 11.5 Å². The predicted octanol–water partition coefficient (Wildman–Crippen LogP) is 6.10. The van der Waals surface area contributed by atoms with Crippen molar-refractivity contribution in [1.29, 1.82) is 0 Å². The number of hydrogen-bond donors (Lipinski definition) is 1. The molecule has 0 aliphatic rings. The van der Waals surface area contributed by atoms with Crippen molar-refractivity contribution in [2.24, 2.45) is 0 Å². The summed E-state index contributed by atoms with van der Waals surface area (Å²) in [6.07, 6.45) is 0. The molecular formula is C19H17Cl2NO. The normalized spacial score (nSPS) is 12.3. The zero-order valence-electron chi connectivity index (χ0n) is 12.7. The Hall–Kier alpha value is -1.74. The number of rotatable bonds is 5. The summed E-state index contributed by atoms with van der Waals surface area (Å²) >= 11 is 12.1. The number of hydrogen-bond acceptors (Lipinski definition) is 2. The van der Waals surface area contributed by atoms with Crippen molar-refractivity contribution in [1.82, 2.24) is 5.32 Å². The summed E-state index contributed by atoms with van der Waals surface area (Å²) in [7, 11) is 0. The van der Waals surface area contributed by atoms with Crippen LogP contribution in [0.3, 0.4) is 0 Å². The van der Waals surface area contributed by atoms with Crippen molar-refractivity contribution in [2.75, 3.05) is 0 Å². The molecule has 3 rings (SSSR count). The van der Waals surface area contributed by atoms with E-state index in [1.807, 2.05) is 36.4 Å². The molecule has 1 heterocycles. The second-order valence-corrected chi connectivity index (χ2v) is 6.25. The second-order valence-electron chi connectivity index (χ2n) is 5.40. The van der Waals surface area contributed by atoms with Gasteiger partial charge in [-0.05, 0) is 42.8 Å². The molecule has 0 radical (unpaired) electrons. The first-order chi connectivity index (χ1) is 11.1. The van der Waals surface area contributed by atoms with Gasteiger partial charge in [-0.2, -0.15) is 0 Å². The minimum Gasteiger partial charge on any atom is -0.460 e. The highest BCUT2D eigenvalue weighted by Crippen LogP contribution is 2.31. The number of furan rings is 1. The maximum Gasteiger partial charge on any atom is 0.135 e. The first-order valence-corrected chi connectivity index (χ1v) is 8.21. The molecule has 2 aromatic carbocycles. The lowest BCUT2D eigenvalue weighted by molar-refractivity contribution is 0.468. The molecule has 4 heteroatoms. The van der Waals surface area contributed by atoms with Crippen LogP contribution in [0, 0.1) is 0 Å². The first-order valence-electron chi connectivity index (χ1n) is 7.46. The Morgan fingerprint density at radius 3 is 2.52 bits per heavy atom. The smallest absolute Gasteiger partial charge is 0.135 e. The van der Waals surface area contributed by atoms with E-state index < -0.39 is 0 Å². The molecule has 23 heavy (non-hydrogen) atoms. The summed E-state index contributed by atoms with van der Waals surface area (Å²) < 4.78 is 5.89. The molecule has 0 fully saturated rings. The molecule has 3 aromatic rings. The monoisotopic (exact) mass is 345 g/mol. The molecule has 0 amide bonds. The highest BCUT2D eigenvalue weighted by molar-refractivity contribution is 6.36. The minimum atomic E-state index is 0.254. The van der Waals surface area contributed by atoms with Crippen LogP contribution in [0.15, 0.2) is 65.1 Å². The van der Waals surface area contributed by atoms with Crippen molar-refractivity contribution >= 4 is 23.2 Å². The van der Waals surface area contributed by atoms with Gasteiger partial charge in [0.25, 0.3) is 0 Å². The van der Waals surface area contributed by atoms with Crippen LogP contribution in [0.5, 0.6) is 0 Å². The average molecular weight is 346 g/mol. The Morgan fingerprint density at radius 1 is 1.00 bits per heavy atom. The third kappa shape index (κ3) is 3.97. The van der Waals surface area contributed by atoms with Gasteiger partial charge in [-0.15, -0.1) is 0 Å². The summed E-state index contributed by atoms with van der Waals surface area (Å²) in [6.45, 7) is 2.79. The van der Waals surface area contributed by atoms with Crippen molar-refractivity contribution in [3.8, 4) is 11.3 Å². The van der Waals surface area contributed by atoms with E-state index in [0.29, 0.717) is 16.6 Å². The average Bonchev–Trinajstić information content (AvgIpc) is 3.02. The fourth-order valence-electron chi connectivity index (χ4n) is 2.42. The molecule has 0 saturated heterocycles. The molecule has 0 bridgehead atoms. The fraction of sp³-hybridized carbons (Fsp3) is 0.158. The van der Waals surface area contributed by atoms with Crippen molar-refractivity contribution in [3.63, 3.8) is 0 Å². The molecule has 1 N–H and O–H groups in total. The first kappa shape index (κ1) is 16.1. The SMILES string of the molecule is C[C@H](NCc1ccc(-c2ccc(Cl)cc2Cl)o1)c1ccccc1. The molecule has 2 nitrogen and oxygen atoms in total. The van der Waals surface area contributed by atoms with Gasteiger partial charge in [-0.1, -0.05) is 53.5 Å². The Morgan fingerprint density at radius 2 is 1.78 bits per heavy atom. The lowest BCUT2D eigenvalue weighted by Crippen LogP contribution is -2.17. The lowest BCUT2D eigenvalue weighted by atomic mass is 10.1. The number of benzene rings is 2. The Bertz CT molecular complexity index is 783. The third-order valence-electron chi connectivity index (χ3n) is 3.74. The maximum absolute atomic E-state index is 6.22. The van der Waals surface area contributed by atoms with Crippen LogP contribution >= 0.6 is 23.2 Å². The summed E-state index contributed by atoms with van der Waals surface area (Å²) in [5.41, 5.74) is 2.10. The van der Waals surface area contributed by atoms with Crippen LogP contribution in [0.25, 0.3) is 11.3 Å². The predicted molar refractivity (Wildman–Crippen MR) is 95.9 cm³/mol. The Kier molecular flexibility index (Phi) is 5.06. The molecule has 0 aliphatic carbocycles. The fourth-order valence-corrected chi connectivity index (χ4v) is 2.92. The van der Waals surface area contributed by atoms with Gasteiger partial charge in [0.05, 0.1) is 11.6 Å². The summed E-state index contributed by atoms with van der Waals surface area (Å²) in [5.74, 6) is 1.62.